The Morgan fingerprint density at radius 1 is 1.05 bits per heavy atom. The van der Waals surface area contributed by atoms with Gasteiger partial charge in [0.1, 0.15) is 0 Å². The van der Waals surface area contributed by atoms with Crippen molar-refractivity contribution in [2.45, 2.75) is 63.9 Å². The summed E-state index contributed by atoms with van der Waals surface area (Å²) >= 11 is 0. The first-order valence-electron chi connectivity index (χ1n) is 7.69. The molecule has 1 saturated heterocycles. The number of hydrogen-bond acceptors (Lipinski definition) is 4. The predicted octanol–water partition coefficient (Wildman–Crippen LogP) is 2.07. The number of piperidine rings is 1. The van der Waals surface area contributed by atoms with Crippen LogP contribution in [0.2, 0.25) is 0 Å². The quantitative estimate of drug-likeness (QED) is 0.709. The lowest BCUT2D eigenvalue weighted by Gasteiger charge is -2.40. The van der Waals surface area contributed by atoms with Crippen molar-refractivity contribution in [1.82, 2.24) is 4.90 Å². The van der Waals surface area contributed by atoms with Gasteiger partial charge in [-0.25, -0.2) is 0 Å². The minimum absolute atomic E-state index is 0.343. The first-order valence-corrected chi connectivity index (χ1v) is 7.69. The molecule has 1 aliphatic carbocycles. The largest absolute Gasteiger partial charge is 0.383 e. The number of hydrogen-bond donors (Lipinski definition) is 0. The molecule has 2 aliphatic rings. The molecule has 2 fully saturated rings. The van der Waals surface area contributed by atoms with Crippen molar-refractivity contribution in [1.29, 1.82) is 0 Å². The van der Waals surface area contributed by atoms with Crippen molar-refractivity contribution in [2.75, 3.05) is 33.4 Å². The van der Waals surface area contributed by atoms with E-state index in [2.05, 4.69) is 18.7 Å². The number of likely N-dealkylation sites (tertiary alicyclic amines) is 1. The molecule has 1 heterocycles. The minimum Gasteiger partial charge on any atom is -0.383 e. The molecule has 0 bridgehead atoms. The molecule has 1 aliphatic heterocycles. The highest BCUT2D eigenvalue weighted by Crippen LogP contribution is 2.30. The SMILES string of the molecule is COCCN1CCC(O[C@H]2C[C@H](OC(C)C)C2)CC1. The topological polar surface area (TPSA) is 30.9 Å². The van der Waals surface area contributed by atoms with Gasteiger partial charge in [0.25, 0.3) is 0 Å². The van der Waals surface area contributed by atoms with Gasteiger partial charge >= 0.3 is 0 Å². The molecule has 0 radical (unpaired) electrons. The Morgan fingerprint density at radius 3 is 2.32 bits per heavy atom. The fraction of sp³-hybridized carbons (Fsp3) is 1.00. The van der Waals surface area contributed by atoms with Gasteiger partial charge in [0.2, 0.25) is 0 Å². The first kappa shape index (κ1) is 15.2. The van der Waals surface area contributed by atoms with Crippen LogP contribution in [-0.4, -0.2) is 62.7 Å². The molecule has 0 unspecified atom stereocenters. The number of ether oxygens (including phenoxy) is 3. The molecule has 19 heavy (non-hydrogen) atoms. The lowest BCUT2D eigenvalue weighted by atomic mass is 9.91. The molecule has 0 aromatic heterocycles. The molecule has 4 nitrogen and oxygen atoms in total. The van der Waals surface area contributed by atoms with E-state index in [0.29, 0.717) is 24.4 Å². The van der Waals surface area contributed by atoms with Gasteiger partial charge in [-0.2, -0.15) is 0 Å². The summed E-state index contributed by atoms with van der Waals surface area (Å²) in [7, 11) is 1.77. The third-order valence-corrected chi connectivity index (χ3v) is 4.05. The van der Waals surface area contributed by atoms with Gasteiger partial charge in [-0.15, -0.1) is 0 Å². The summed E-state index contributed by atoms with van der Waals surface area (Å²) in [5, 5.41) is 0. The fourth-order valence-electron chi connectivity index (χ4n) is 2.89. The summed E-state index contributed by atoms with van der Waals surface area (Å²) < 4.78 is 17.0. The van der Waals surface area contributed by atoms with Crippen molar-refractivity contribution in [3.05, 3.63) is 0 Å². The Balaban J connectivity index is 1.55. The van der Waals surface area contributed by atoms with Crippen LogP contribution in [-0.2, 0) is 14.2 Å². The maximum atomic E-state index is 6.15. The van der Waals surface area contributed by atoms with E-state index in [1.54, 1.807) is 7.11 Å². The Hall–Kier alpha value is -0.160. The lowest BCUT2D eigenvalue weighted by Crippen LogP contribution is -2.44. The van der Waals surface area contributed by atoms with Crippen molar-refractivity contribution in [3.8, 4) is 0 Å². The van der Waals surface area contributed by atoms with Gasteiger partial charge < -0.3 is 19.1 Å². The average molecular weight is 271 g/mol. The van der Waals surface area contributed by atoms with E-state index in [1.165, 1.54) is 0 Å². The highest BCUT2D eigenvalue weighted by molar-refractivity contribution is 4.84. The standard InChI is InChI=1S/C15H29NO3/c1-12(2)18-14-10-15(11-14)19-13-4-6-16(7-5-13)8-9-17-3/h12-15H,4-11H2,1-3H3/t14-,15-. The fourth-order valence-corrected chi connectivity index (χ4v) is 2.89. The molecule has 0 atom stereocenters. The zero-order valence-corrected chi connectivity index (χ0v) is 12.6. The molecule has 0 amide bonds. The monoisotopic (exact) mass is 271 g/mol. The zero-order chi connectivity index (χ0) is 13.7. The van der Waals surface area contributed by atoms with E-state index in [1.807, 2.05) is 0 Å². The second kappa shape index (κ2) is 7.58. The van der Waals surface area contributed by atoms with Crippen LogP contribution >= 0.6 is 0 Å². The second-order valence-corrected chi connectivity index (χ2v) is 6.07. The number of methoxy groups -OCH3 is 1. The van der Waals surface area contributed by atoms with Gasteiger partial charge in [-0.3, -0.25) is 0 Å². The van der Waals surface area contributed by atoms with Crippen molar-refractivity contribution >= 4 is 0 Å². The second-order valence-electron chi connectivity index (χ2n) is 6.07. The van der Waals surface area contributed by atoms with Crippen LogP contribution in [0.25, 0.3) is 0 Å². The van der Waals surface area contributed by atoms with E-state index in [0.717, 1.165) is 51.9 Å². The van der Waals surface area contributed by atoms with Gasteiger partial charge in [0.05, 0.1) is 31.0 Å². The van der Waals surface area contributed by atoms with Crippen molar-refractivity contribution < 1.29 is 14.2 Å². The summed E-state index contributed by atoms with van der Waals surface area (Å²) in [6, 6.07) is 0. The Labute approximate surface area is 117 Å². The Bertz CT molecular complexity index is 246. The van der Waals surface area contributed by atoms with Crippen LogP contribution in [0.15, 0.2) is 0 Å². The van der Waals surface area contributed by atoms with E-state index >= 15 is 0 Å². The molecule has 0 N–H and O–H groups in total. The van der Waals surface area contributed by atoms with Crippen LogP contribution < -0.4 is 0 Å². The van der Waals surface area contributed by atoms with Crippen LogP contribution in [0, 0.1) is 0 Å². The first-order chi connectivity index (χ1) is 9.17. The maximum absolute atomic E-state index is 6.15. The molecule has 1 saturated carbocycles. The van der Waals surface area contributed by atoms with Crippen molar-refractivity contribution in [2.24, 2.45) is 0 Å². The average Bonchev–Trinajstić information content (AvgIpc) is 2.35. The van der Waals surface area contributed by atoms with Gasteiger partial charge in [-0.1, -0.05) is 0 Å². The number of nitrogens with zero attached hydrogens (tertiary/aromatic N) is 1. The summed E-state index contributed by atoms with van der Waals surface area (Å²) in [4.78, 5) is 2.47. The lowest BCUT2D eigenvalue weighted by molar-refractivity contribution is -0.146. The summed E-state index contributed by atoms with van der Waals surface area (Å²) in [6.45, 7) is 8.38. The third kappa shape index (κ3) is 5.03. The molecule has 2 rings (SSSR count). The highest BCUT2D eigenvalue weighted by Gasteiger charge is 2.33. The van der Waals surface area contributed by atoms with E-state index in [-0.39, 0.29) is 0 Å². The summed E-state index contributed by atoms with van der Waals surface area (Å²) in [6.07, 6.45) is 6.18. The van der Waals surface area contributed by atoms with Crippen LogP contribution in [0.3, 0.4) is 0 Å². The molecule has 112 valence electrons. The Morgan fingerprint density at radius 2 is 1.74 bits per heavy atom. The molecule has 0 aromatic rings. The normalized spacial score (nSPS) is 29.7. The smallest absolute Gasteiger partial charge is 0.0628 e. The van der Waals surface area contributed by atoms with E-state index < -0.39 is 0 Å². The third-order valence-electron chi connectivity index (χ3n) is 4.05. The minimum atomic E-state index is 0.343. The molecular formula is C15H29NO3. The number of rotatable bonds is 7. The van der Waals surface area contributed by atoms with E-state index in [9.17, 15) is 0 Å². The molecular weight excluding hydrogens is 242 g/mol. The van der Waals surface area contributed by atoms with Gasteiger partial charge in [-0.05, 0) is 39.5 Å². The molecule has 0 spiro atoms. The maximum Gasteiger partial charge on any atom is 0.0628 e. The van der Waals surface area contributed by atoms with E-state index in [4.69, 9.17) is 14.2 Å². The summed E-state index contributed by atoms with van der Waals surface area (Å²) in [5.74, 6) is 0. The summed E-state index contributed by atoms with van der Waals surface area (Å²) in [5.41, 5.74) is 0. The molecule has 0 aromatic carbocycles. The highest BCUT2D eigenvalue weighted by atomic mass is 16.5. The van der Waals surface area contributed by atoms with Crippen LogP contribution in [0.4, 0.5) is 0 Å². The van der Waals surface area contributed by atoms with Crippen LogP contribution in [0.5, 0.6) is 0 Å². The van der Waals surface area contributed by atoms with Crippen molar-refractivity contribution in [3.63, 3.8) is 0 Å². The predicted molar refractivity (Wildman–Crippen MR) is 75.5 cm³/mol. The van der Waals surface area contributed by atoms with Gasteiger partial charge in [0.15, 0.2) is 0 Å². The molecule has 4 heteroatoms. The van der Waals surface area contributed by atoms with Crippen LogP contribution in [0.1, 0.15) is 39.5 Å². The zero-order valence-electron chi connectivity index (χ0n) is 12.6. The van der Waals surface area contributed by atoms with Gasteiger partial charge in [0, 0.05) is 26.7 Å². The Kier molecular flexibility index (Phi) is 6.07.